The van der Waals surface area contributed by atoms with Crippen molar-refractivity contribution in [2.75, 3.05) is 5.75 Å². The first-order valence-corrected chi connectivity index (χ1v) is 12.0. The zero-order chi connectivity index (χ0) is 22.0. The lowest BCUT2D eigenvalue weighted by molar-refractivity contribution is -0.119. The van der Waals surface area contributed by atoms with Crippen molar-refractivity contribution in [1.29, 1.82) is 0 Å². The van der Waals surface area contributed by atoms with E-state index in [1.807, 2.05) is 30.3 Å². The van der Waals surface area contributed by atoms with E-state index in [0.717, 1.165) is 12.1 Å². The summed E-state index contributed by atoms with van der Waals surface area (Å²) in [5.74, 6) is 1.28. The van der Waals surface area contributed by atoms with Crippen LogP contribution in [-0.4, -0.2) is 27.3 Å². The zero-order valence-corrected chi connectivity index (χ0v) is 19.1. The van der Waals surface area contributed by atoms with Crippen molar-refractivity contribution in [2.45, 2.75) is 57.1 Å². The molecule has 0 bridgehead atoms. The number of carbonyl (C=O) groups excluding carboxylic acids is 1. The molecule has 1 aliphatic rings. The third kappa shape index (κ3) is 4.85. The second-order valence-corrected chi connectivity index (χ2v) is 9.38. The smallest absolute Gasteiger partial charge is 0.266 e. The second kappa shape index (κ2) is 9.27. The van der Waals surface area contributed by atoms with Crippen LogP contribution in [0.1, 0.15) is 51.5 Å². The molecule has 2 unspecified atom stereocenters. The highest BCUT2D eigenvalue weighted by Crippen LogP contribution is 2.32. The summed E-state index contributed by atoms with van der Waals surface area (Å²) >= 11 is 1.31. The Labute approximate surface area is 187 Å². The maximum atomic E-state index is 13.4. The maximum Gasteiger partial charge on any atom is 0.266 e. The monoisotopic (exact) mass is 435 g/mol. The SMILES string of the molecule is CCC(C)c1ccc(-n2c(SCC(=O)NC(C)C3CC3)nc3ccccc3c2=O)cc1. The van der Waals surface area contributed by atoms with Crippen molar-refractivity contribution in [3.05, 3.63) is 64.4 Å². The highest BCUT2D eigenvalue weighted by Gasteiger charge is 2.29. The molecule has 6 heteroatoms. The number of nitrogens with zero attached hydrogens (tertiary/aromatic N) is 2. The molecule has 0 spiro atoms. The summed E-state index contributed by atoms with van der Waals surface area (Å²) in [6.07, 6.45) is 3.44. The minimum atomic E-state index is -0.115. The molecule has 2 atom stereocenters. The van der Waals surface area contributed by atoms with Gasteiger partial charge >= 0.3 is 0 Å². The van der Waals surface area contributed by atoms with Gasteiger partial charge in [-0.15, -0.1) is 0 Å². The summed E-state index contributed by atoms with van der Waals surface area (Å²) in [4.78, 5) is 30.5. The highest BCUT2D eigenvalue weighted by molar-refractivity contribution is 7.99. The van der Waals surface area contributed by atoms with Crippen LogP contribution in [0.15, 0.2) is 58.5 Å². The number of fused-ring (bicyclic) bond motifs is 1. The number of carbonyl (C=O) groups is 1. The number of nitrogens with one attached hydrogen (secondary N) is 1. The van der Waals surface area contributed by atoms with E-state index in [9.17, 15) is 9.59 Å². The molecule has 5 nitrogen and oxygen atoms in total. The predicted molar refractivity (Wildman–Crippen MR) is 127 cm³/mol. The molecule has 0 radical (unpaired) electrons. The molecule has 2 aromatic carbocycles. The van der Waals surface area contributed by atoms with Gasteiger partial charge in [0.1, 0.15) is 0 Å². The summed E-state index contributed by atoms with van der Waals surface area (Å²) in [5, 5.41) is 4.18. The first-order valence-electron chi connectivity index (χ1n) is 11.0. The van der Waals surface area contributed by atoms with E-state index in [0.29, 0.717) is 27.9 Å². The average molecular weight is 436 g/mol. The van der Waals surface area contributed by atoms with Crippen molar-refractivity contribution >= 4 is 28.6 Å². The Kier molecular flexibility index (Phi) is 6.46. The van der Waals surface area contributed by atoms with Crippen molar-refractivity contribution in [2.24, 2.45) is 5.92 Å². The number of hydrogen-bond acceptors (Lipinski definition) is 4. The fourth-order valence-corrected chi connectivity index (χ4v) is 4.59. The fraction of sp³-hybridized carbons (Fsp3) is 0.400. The van der Waals surface area contributed by atoms with Gasteiger partial charge in [0.2, 0.25) is 5.91 Å². The van der Waals surface area contributed by atoms with E-state index >= 15 is 0 Å². The summed E-state index contributed by atoms with van der Waals surface area (Å²) in [6, 6.07) is 15.7. The number of benzene rings is 2. The normalized spacial score (nSPS) is 15.6. The molecule has 1 aliphatic carbocycles. The van der Waals surface area contributed by atoms with Gasteiger partial charge < -0.3 is 5.32 Å². The van der Waals surface area contributed by atoms with Gasteiger partial charge in [-0.25, -0.2) is 4.98 Å². The van der Waals surface area contributed by atoms with Crippen LogP contribution < -0.4 is 10.9 Å². The summed E-state index contributed by atoms with van der Waals surface area (Å²) in [6.45, 7) is 6.42. The van der Waals surface area contributed by atoms with Gasteiger partial charge in [-0.05, 0) is 67.9 Å². The maximum absolute atomic E-state index is 13.4. The van der Waals surface area contributed by atoms with Crippen LogP contribution in [0.4, 0.5) is 0 Å². The van der Waals surface area contributed by atoms with Gasteiger partial charge in [0, 0.05) is 6.04 Å². The van der Waals surface area contributed by atoms with Crippen LogP contribution in [0.2, 0.25) is 0 Å². The van der Waals surface area contributed by atoms with Gasteiger partial charge in [0.05, 0.1) is 22.3 Å². The minimum Gasteiger partial charge on any atom is -0.353 e. The Morgan fingerprint density at radius 2 is 1.87 bits per heavy atom. The Morgan fingerprint density at radius 3 is 2.55 bits per heavy atom. The van der Waals surface area contributed by atoms with Crippen LogP contribution in [0.25, 0.3) is 16.6 Å². The number of para-hydroxylation sites is 1. The van der Waals surface area contributed by atoms with Crippen molar-refractivity contribution < 1.29 is 4.79 Å². The number of hydrogen-bond donors (Lipinski definition) is 1. The molecule has 162 valence electrons. The van der Waals surface area contributed by atoms with E-state index in [1.165, 1.54) is 30.2 Å². The van der Waals surface area contributed by atoms with Gasteiger partial charge in [-0.2, -0.15) is 0 Å². The average Bonchev–Trinajstić information content (AvgIpc) is 3.63. The first-order chi connectivity index (χ1) is 15.0. The number of thioether (sulfide) groups is 1. The number of rotatable bonds is 8. The van der Waals surface area contributed by atoms with E-state index < -0.39 is 0 Å². The molecule has 1 heterocycles. The molecule has 4 rings (SSSR count). The topological polar surface area (TPSA) is 64.0 Å². The minimum absolute atomic E-state index is 0.0227. The predicted octanol–water partition coefficient (Wildman–Crippen LogP) is 4.91. The third-order valence-electron chi connectivity index (χ3n) is 6.13. The van der Waals surface area contributed by atoms with Crippen molar-refractivity contribution in [3.8, 4) is 5.69 Å². The number of aromatic nitrogens is 2. The molecule has 1 N–H and O–H groups in total. The molecular formula is C25H29N3O2S. The van der Waals surface area contributed by atoms with Gasteiger partial charge in [-0.1, -0.05) is 49.9 Å². The molecular weight excluding hydrogens is 406 g/mol. The number of amides is 1. The molecule has 31 heavy (non-hydrogen) atoms. The van der Waals surface area contributed by atoms with E-state index in [4.69, 9.17) is 4.98 Å². The zero-order valence-electron chi connectivity index (χ0n) is 18.3. The Morgan fingerprint density at radius 1 is 1.16 bits per heavy atom. The second-order valence-electron chi connectivity index (χ2n) is 8.44. The van der Waals surface area contributed by atoms with E-state index in [2.05, 4.69) is 38.2 Å². The summed E-state index contributed by atoms with van der Waals surface area (Å²) in [7, 11) is 0. The Balaban J connectivity index is 1.66. The summed E-state index contributed by atoms with van der Waals surface area (Å²) in [5.41, 5.74) is 2.55. The fourth-order valence-electron chi connectivity index (χ4n) is 3.76. The van der Waals surface area contributed by atoms with Crippen molar-refractivity contribution in [1.82, 2.24) is 14.9 Å². The Bertz CT molecular complexity index is 1140. The van der Waals surface area contributed by atoms with Crippen LogP contribution in [-0.2, 0) is 4.79 Å². The summed E-state index contributed by atoms with van der Waals surface area (Å²) < 4.78 is 1.63. The molecule has 1 fully saturated rings. The van der Waals surface area contributed by atoms with Crippen molar-refractivity contribution in [3.63, 3.8) is 0 Å². The Hall–Kier alpha value is -2.60. The molecule has 1 amide bonds. The van der Waals surface area contributed by atoms with Crippen LogP contribution in [0.5, 0.6) is 0 Å². The first kappa shape index (κ1) is 21.6. The molecule has 0 aliphatic heterocycles. The lowest BCUT2D eigenvalue weighted by atomic mass is 9.98. The van der Waals surface area contributed by atoms with Crippen LogP contribution >= 0.6 is 11.8 Å². The van der Waals surface area contributed by atoms with Gasteiger partial charge in [0.25, 0.3) is 5.56 Å². The van der Waals surface area contributed by atoms with Crippen LogP contribution in [0.3, 0.4) is 0 Å². The molecule has 0 saturated heterocycles. The lowest BCUT2D eigenvalue weighted by Gasteiger charge is -2.16. The molecule has 1 saturated carbocycles. The van der Waals surface area contributed by atoms with Gasteiger partial charge in [-0.3, -0.25) is 14.2 Å². The van der Waals surface area contributed by atoms with Gasteiger partial charge in [0.15, 0.2) is 5.16 Å². The lowest BCUT2D eigenvalue weighted by Crippen LogP contribution is -2.35. The van der Waals surface area contributed by atoms with E-state index in [1.54, 1.807) is 10.6 Å². The standard InChI is InChI=1S/C25H29N3O2S/c1-4-16(2)18-11-13-20(14-12-18)28-24(30)21-7-5-6-8-22(21)27-25(28)31-15-23(29)26-17(3)19-9-10-19/h5-8,11-14,16-17,19H,4,9-10,15H2,1-3H3,(H,26,29). The quantitative estimate of drug-likeness (QED) is 0.403. The molecule has 3 aromatic rings. The van der Waals surface area contributed by atoms with E-state index in [-0.39, 0.29) is 23.3 Å². The molecule has 1 aromatic heterocycles. The van der Waals surface area contributed by atoms with Crippen LogP contribution in [0, 0.1) is 5.92 Å². The largest absolute Gasteiger partial charge is 0.353 e. The highest BCUT2D eigenvalue weighted by atomic mass is 32.2. The third-order valence-corrected chi connectivity index (χ3v) is 7.07.